The molecule has 0 rings (SSSR count). The molecule has 0 aromatic heterocycles. The highest BCUT2D eigenvalue weighted by Gasteiger charge is 2.23. The van der Waals surface area contributed by atoms with E-state index in [-0.39, 0.29) is 0 Å². The maximum absolute atomic E-state index is 5.26. The molecular formula is CH4S13. The standard InChI is InChI=1S/CH4S13/c1-11(2,3)13(7,8)14(9,10)12(4,5)6/h1H3,(H,4,5,6). The normalized spacial score (nSPS) is 15.3. The van der Waals surface area contributed by atoms with Gasteiger partial charge in [-0.15, -0.1) is 0 Å². The predicted octanol–water partition coefficient (Wildman–Crippen LogP) is 0.517. The van der Waals surface area contributed by atoms with Gasteiger partial charge in [-0.3, -0.25) is 0 Å². The molecule has 0 aromatic carbocycles. The summed E-state index contributed by atoms with van der Waals surface area (Å²) in [6.45, 7) is 0. The minimum Gasteiger partial charge on any atom is -0.0917 e. The van der Waals surface area contributed by atoms with Gasteiger partial charge >= 0.3 is 0 Å². The molecule has 0 atom stereocenters. The Morgan fingerprint density at radius 3 is 1.07 bits per heavy atom. The van der Waals surface area contributed by atoms with Crippen molar-refractivity contribution in [2.75, 3.05) is 6.26 Å². The second-order valence-corrected chi connectivity index (χ2v) is 43.6. The molecule has 0 bridgehead atoms. The maximum atomic E-state index is 5.26. The number of hydrogen-bond donors (Lipinski definition) is 1. The average Bonchev–Trinajstić information content (AvgIpc) is 1.81. The largest absolute Gasteiger partial charge is 0.0917 e. The van der Waals surface area contributed by atoms with Gasteiger partial charge in [0.25, 0.3) is 0 Å². The SMILES string of the molecule is CS(=S)(=S)S(=S)(=S)S(=S)(=S)S(=S)(=S)S. The van der Waals surface area contributed by atoms with Crippen molar-refractivity contribution in [1.82, 2.24) is 0 Å². The van der Waals surface area contributed by atoms with E-state index in [2.05, 4.69) is 11.7 Å². The van der Waals surface area contributed by atoms with Crippen molar-refractivity contribution in [1.29, 1.82) is 0 Å². The lowest BCUT2D eigenvalue weighted by Crippen LogP contribution is -2.21. The second kappa shape index (κ2) is 5.25. The van der Waals surface area contributed by atoms with E-state index in [0.717, 1.165) is 0 Å². The second-order valence-electron chi connectivity index (χ2n) is 1.95. The van der Waals surface area contributed by atoms with Crippen molar-refractivity contribution < 1.29 is 0 Å². The summed E-state index contributed by atoms with van der Waals surface area (Å²) in [5, 5.41) is -6.89. The highest BCUT2D eigenvalue weighted by Crippen LogP contribution is 2.24. The molecule has 0 aromatic rings. The van der Waals surface area contributed by atoms with Gasteiger partial charge < -0.3 is 0 Å². The third-order valence-corrected chi connectivity index (χ3v) is 60.2. The number of thiol groups is 1. The van der Waals surface area contributed by atoms with Crippen molar-refractivity contribution in [2.24, 2.45) is 0 Å². The van der Waals surface area contributed by atoms with Crippen LogP contribution in [0.2, 0.25) is 0 Å². The lowest BCUT2D eigenvalue weighted by molar-refractivity contribution is 2.53. The summed E-state index contributed by atoms with van der Waals surface area (Å²) in [5.74, 6) is 0. The van der Waals surface area contributed by atoms with Crippen molar-refractivity contribution in [3.05, 3.63) is 0 Å². The summed E-state index contributed by atoms with van der Waals surface area (Å²) in [4.78, 5) is 0. The maximum Gasteiger partial charge on any atom is 0.0429 e. The Balaban J connectivity index is 6.44. The Hall–Kier alpha value is 3.51. The fourth-order valence-electron chi connectivity index (χ4n) is 0.257. The number of rotatable bonds is 3. The van der Waals surface area contributed by atoms with Crippen LogP contribution in [0.4, 0.5) is 0 Å². The molecular weight excluding hydrogens is 429 g/mol. The molecule has 0 saturated carbocycles. The molecule has 0 aliphatic rings. The van der Waals surface area contributed by atoms with Crippen molar-refractivity contribution in [2.45, 2.75) is 0 Å². The van der Waals surface area contributed by atoms with Crippen molar-refractivity contribution >= 4 is 123 Å². The highest BCUT2D eigenvalue weighted by atomic mass is 34.2. The van der Waals surface area contributed by atoms with Crippen LogP contribution in [0.25, 0.3) is 0 Å². The lowest BCUT2D eigenvalue weighted by atomic mass is 12.0. The van der Waals surface area contributed by atoms with Gasteiger partial charge in [0.15, 0.2) is 0 Å². The van der Waals surface area contributed by atoms with Crippen LogP contribution in [0.15, 0.2) is 0 Å². The van der Waals surface area contributed by atoms with Gasteiger partial charge in [0.05, 0.1) is 0 Å². The molecule has 86 valence electrons. The summed E-state index contributed by atoms with van der Waals surface area (Å²) in [7, 11) is 0. The van der Waals surface area contributed by atoms with Crippen LogP contribution in [-0.2, 0) is 111 Å². The van der Waals surface area contributed by atoms with E-state index in [9.17, 15) is 0 Å². The molecule has 0 aliphatic heterocycles. The van der Waals surface area contributed by atoms with E-state index < -0.39 is 21.8 Å². The molecule has 0 radical (unpaired) electrons. The lowest BCUT2D eigenvalue weighted by Gasteiger charge is -2.20. The molecule has 0 spiro atoms. The van der Waals surface area contributed by atoms with E-state index >= 15 is 0 Å². The first kappa shape index (κ1) is 17.5. The van der Waals surface area contributed by atoms with Gasteiger partial charge in [0, 0.05) is 21.9 Å². The predicted molar refractivity (Wildman–Crippen MR) is 103 cm³/mol. The zero-order valence-corrected chi connectivity index (χ0v) is 17.0. The van der Waals surface area contributed by atoms with Gasteiger partial charge in [0.2, 0.25) is 0 Å². The van der Waals surface area contributed by atoms with Gasteiger partial charge in [-0.2, -0.15) is 0 Å². The molecule has 0 heterocycles. The van der Waals surface area contributed by atoms with E-state index in [1.807, 2.05) is 0 Å². The first-order valence-corrected chi connectivity index (χ1v) is 19.4. The molecule has 0 saturated heterocycles. The van der Waals surface area contributed by atoms with E-state index in [0.29, 0.717) is 0 Å². The van der Waals surface area contributed by atoms with Crippen molar-refractivity contribution in [3.8, 4) is 0 Å². The summed E-state index contributed by atoms with van der Waals surface area (Å²) in [5.41, 5.74) is 0. The molecule has 0 amide bonds. The van der Waals surface area contributed by atoms with E-state index in [1.165, 1.54) is 0 Å². The topological polar surface area (TPSA) is 0 Å². The first-order valence-electron chi connectivity index (χ1n) is 2.42. The van der Waals surface area contributed by atoms with Crippen LogP contribution in [0.1, 0.15) is 0 Å². The van der Waals surface area contributed by atoms with E-state index in [1.54, 1.807) is 6.26 Å². The fraction of sp³-hybridized carbons (Fsp3) is 1.00. The van der Waals surface area contributed by atoms with Gasteiger partial charge in [-0.05, 0) is 95.7 Å². The fourth-order valence-corrected chi connectivity index (χ4v) is 48.9. The van der Waals surface area contributed by atoms with Crippen molar-refractivity contribution in [3.63, 3.8) is 0 Å². The summed E-state index contributed by atoms with van der Waals surface area (Å²) in [6, 6.07) is 0. The minimum atomic E-state index is -2.35. The third-order valence-electron chi connectivity index (χ3n) is 0.879. The molecule has 0 N–H and O–H groups in total. The summed E-state index contributed by atoms with van der Waals surface area (Å²) < 4.78 is 0. The van der Waals surface area contributed by atoms with Crippen LogP contribution in [0, 0.1) is 0 Å². The van der Waals surface area contributed by atoms with E-state index in [4.69, 9.17) is 89.5 Å². The van der Waals surface area contributed by atoms with Gasteiger partial charge in [-0.1, -0.05) is 11.7 Å². The number of hydrogen-bond acceptors (Lipinski definition) is 8. The monoisotopic (exact) mass is 432 g/mol. The molecule has 13 heteroatoms. The molecule has 0 aliphatic carbocycles. The zero-order chi connectivity index (χ0) is 12.0. The minimum absolute atomic E-state index is 1.66. The molecule has 0 nitrogen and oxygen atoms in total. The Kier molecular flexibility index (Phi) is 6.56. The summed E-state index contributed by atoms with van der Waals surface area (Å²) in [6.07, 6.45) is -0.333. The smallest absolute Gasteiger partial charge is 0.0429 e. The Bertz CT molecular complexity index is 550. The molecule has 0 unspecified atom stereocenters. The molecule has 14 heavy (non-hydrogen) atoms. The quantitative estimate of drug-likeness (QED) is 0.500. The Labute approximate surface area is 127 Å². The van der Waals surface area contributed by atoms with Crippen LogP contribution in [-0.4, -0.2) is 6.26 Å². The first-order chi connectivity index (χ1) is 5.75. The van der Waals surface area contributed by atoms with Crippen LogP contribution in [0.3, 0.4) is 0 Å². The summed E-state index contributed by atoms with van der Waals surface area (Å²) >= 11 is 45.4. The van der Waals surface area contributed by atoms with Gasteiger partial charge in [-0.25, -0.2) is 0 Å². The van der Waals surface area contributed by atoms with Gasteiger partial charge in [0.1, 0.15) is 0 Å². The zero-order valence-electron chi connectivity index (χ0n) is 6.35. The van der Waals surface area contributed by atoms with Crippen LogP contribution < -0.4 is 0 Å². The Morgan fingerprint density at radius 2 is 1.00 bits per heavy atom. The average molecular weight is 433 g/mol. The highest BCUT2D eigenvalue weighted by molar-refractivity contribution is 9.56. The Morgan fingerprint density at radius 1 is 0.714 bits per heavy atom. The third kappa shape index (κ3) is 3.51. The van der Waals surface area contributed by atoms with Crippen LogP contribution in [0.5, 0.6) is 0 Å². The van der Waals surface area contributed by atoms with Crippen LogP contribution >= 0.6 is 11.7 Å². The molecule has 0 fully saturated rings.